The van der Waals surface area contributed by atoms with Crippen molar-refractivity contribution >= 4 is 41.0 Å². The van der Waals surface area contributed by atoms with E-state index in [0.717, 1.165) is 77.6 Å². The predicted molar refractivity (Wildman–Crippen MR) is 231 cm³/mol. The Hall–Kier alpha value is -4.91. The van der Waals surface area contributed by atoms with Crippen LogP contribution in [0.4, 0.5) is 16.2 Å². The third kappa shape index (κ3) is 9.51. The van der Waals surface area contributed by atoms with Gasteiger partial charge in [-0.3, -0.25) is 4.98 Å². The van der Waals surface area contributed by atoms with E-state index in [1.165, 1.54) is 19.6 Å². The smallest absolute Gasteiger partial charge is 0.410 e. The van der Waals surface area contributed by atoms with E-state index in [2.05, 4.69) is 71.7 Å². The molecule has 2 fully saturated rings. The van der Waals surface area contributed by atoms with Gasteiger partial charge in [-0.15, -0.1) is 0 Å². The van der Waals surface area contributed by atoms with Gasteiger partial charge in [0.05, 0.1) is 37.8 Å². The molecule has 1 amide bonds. The lowest BCUT2D eigenvalue weighted by Gasteiger charge is -2.31. The monoisotopic (exact) mass is 817 g/mol. The number of morpholine rings is 1. The van der Waals surface area contributed by atoms with Crippen molar-refractivity contribution in [3.8, 4) is 22.9 Å². The van der Waals surface area contributed by atoms with Gasteiger partial charge in [-0.05, 0) is 107 Å². The van der Waals surface area contributed by atoms with Crippen LogP contribution in [-0.2, 0) is 16.1 Å². The molecule has 3 aromatic carbocycles. The van der Waals surface area contributed by atoms with Crippen LogP contribution in [0.2, 0.25) is 0 Å². The standard InChI is InChI=1S/C46H51N5O5S2/c1-30-11-17-37(47-28-30)39(25-33-8-7-19-51(33)45(52)56-46(2,3)4)48-32-14-18-40-42(24-32)57-41-10-6-9-36(44(41)58-40)38-26-34(50-20-22-54-23-21-50)27-43(49-38)55-29-31-12-15-35(53-5)16-13-31/h6,9-18,24,26-28,33,39,48H,7-8,19-23,25,29H2,1-5H3/t33-,39?/m0/s1. The summed E-state index contributed by atoms with van der Waals surface area (Å²) in [5.74, 6) is 1.40. The molecule has 302 valence electrons. The van der Waals surface area contributed by atoms with Crippen molar-refractivity contribution in [1.29, 1.82) is 0 Å². The van der Waals surface area contributed by atoms with Crippen LogP contribution in [0, 0.1) is 6.92 Å². The van der Waals surface area contributed by atoms with Gasteiger partial charge >= 0.3 is 6.09 Å². The number of aromatic nitrogens is 2. The molecule has 0 radical (unpaired) electrons. The highest BCUT2D eigenvalue weighted by molar-refractivity contribution is 8.05. The summed E-state index contributed by atoms with van der Waals surface area (Å²) in [6, 6.07) is 29.4. The zero-order chi connectivity index (χ0) is 40.2. The summed E-state index contributed by atoms with van der Waals surface area (Å²) in [5, 5.41) is 3.83. The molecule has 0 spiro atoms. The predicted octanol–water partition coefficient (Wildman–Crippen LogP) is 10.4. The molecule has 3 aliphatic rings. The van der Waals surface area contributed by atoms with Crippen LogP contribution in [0.5, 0.6) is 11.6 Å². The number of nitrogens with zero attached hydrogens (tertiary/aromatic N) is 4. The van der Waals surface area contributed by atoms with Gasteiger partial charge in [-0.2, -0.15) is 0 Å². The molecule has 12 heteroatoms. The summed E-state index contributed by atoms with van der Waals surface area (Å²) in [4.78, 5) is 32.1. The first-order valence-corrected chi connectivity index (χ1v) is 21.6. The summed E-state index contributed by atoms with van der Waals surface area (Å²) in [6.07, 6.45) is 4.28. The van der Waals surface area contributed by atoms with Crippen molar-refractivity contribution in [2.45, 2.75) is 90.8 Å². The fraction of sp³-hybridized carbons (Fsp3) is 0.370. The van der Waals surface area contributed by atoms with E-state index in [1.807, 2.05) is 62.2 Å². The van der Waals surface area contributed by atoms with Crippen LogP contribution in [0.3, 0.4) is 0 Å². The Bertz CT molecular complexity index is 2220. The van der Waals surface area contributed by atoms with E-state index >= 15 is 0 Å². The number of anilines is 2. The minimum absolute atomic E-state index is 0.0482. The highest BCUT2D eigenvalue weighted by atomic mass is 32.2. The number of fused-ring (bicyclic) bond motifs is 2. The van der Waals surface area contributed by atoms with E-state index in [9.17, 15) is 4.79 Å². The number of carbonyl (C=O) groups is 1. The van der Waals surface area contributed by atoms with Crippen molar-refractivity contribution in [2.24, 2.45) is 0 Å². The molecular weight excluding hydrogens is 767 g/mol. The second-order valence-electron chi connectivity index (χ2n) is 15.9. The zero-order valence-electron chi connectivity index (χ0n) is 33.8. The van der Waals surface area contributed by atoms with Gasteiger partial charge in [0.1, 0.15) is 18.0 Å². The van der Waals surface area contributed by atoms with Crippen molar-refractivity contribution in [3.05, 3.63) is 108 Å². The van der Waals surface area contributed by atoms with Crippen LogP contribution in [0.15, 0.2) is 111 Å². The van der Waals surface area contributed by atoms with E-state index in [4.69, 9.17) is 28.9 Å². The van der Waals surface area contributed by atoms with E-state index < -0.39 is 5.60 Å². The van der Waals surface area contributed by atoms with Crippen LogP contribution < -0.4 is 19.7 Å². The molecule has 3 aliphatic heterocycles. The molecule has 10 nitrogen and oxygen atoms in total. The number of carbonyl (C=O) groups excluding carboxylic acids is 1. The lowest BCUT2D eigenvalue weighted by Crippen LogP contribution is -2.40. The number of ether oxygens (including phenoxy) is 4. The van der Waals surface area contributed by atoms with Gasteiger partial charge in [0, 0.05) is 74.5 Å². The average Bonchev–Trinajstić information content (AvgIpc) is 3.70. The number of pyridine rings is 2. The van der Waals surface area contributed by atoms with Gasteiger partial charge < -0.3 is 34.1 Å². The van der Waals surface area contributed by atoms with Crippen molar-refractivity contribution in [1.82, 2.24) is 14.9 Å². The largest absolute Gasteiger partial charge is 0.497 e. The maximum atomic E-state index is 13.2. The van der Waals surface area contributed by atoms with E-state index in [0.29, 0.717) is 32.2 Å². The molecule has 5 heterocycles. The first kappa shape index (κ1) is 39.9. The molecule has 58 heavy (non-hydrogen) atoms. The van der Waals surface area contributed by atoms with Gasteiger partial charge in [0.2, 0.25) is 5.88 Å². The number of rotatable bonds is 11. The van der Waals surface area contributed by atoms with Crippen LogP contribution in [0.25, 0.3) is 11.3 Å². The highest BCUT2D eigenvalue weighted by Crippen LogP contribution is 2.52. The molecule has 2 aromatic heterocycles. The lowest BCUT2D eigenvalue weighted by molar-refractivity contribution is 0.0216. The van der Waals surface area contributed by atoms with Crippen molar-refractivity contribution < 1.29 is 23.7 Å². The quantitative estimate of drug-likeness (QED) is 0.135. The Kier molecular flexibility index (Phi) is 12.1. The van der Waals surface area contributed by atoms with Crippen LogP contribution in [-0.4, -0.2) is 72.6 Å². The second kappa shape index (κ2) is 17.5. The SMILES string of the molecule is COc1ccc(COc2cc(N3CCOCC3)cc(-c3cccc4c3Sc3ccc(NC(C[C@@H]5CCCN5C(=O)OC(C)(C)C)c5ccc(C)cn5)cc3S4)n2)cc1. The molecule has 1 N–H and O–H groups in total. The Morgan fingerprint density at radius 3 is 2.53 bits per heavy atom. The summed E-state index contributed by atoms with van der Waals surface area (Å²) in [7, 11) is 1.67. The molecule has 0 aliphatic carbocycles. The summed E-state index contributed by atoms with van der Waals surface area (Å²) in [5.41, 5.74) is 6.60. The Morgan fingerprint density at radius 1 is 0.948 bits per heavy atom. The third-order valence-electron chi connectivity index (χ3n) is 10.5. The van der Waals surface area contributed by atoms with Gasteiger partial charge in [-0.25, -0.2) is 9.78 Å². The molecular formula is C46H51N5O5S2. The molecule has 8 rings (SSSR count). The first-order chi connectivity index (χ1) is 28.1. The maximum Gasteiger partial charge on any atom is 0.410 e. The maximum absolute atomic E-state index is 13.2. The number of amides is 1. The molecule has 2 saturated heterocycles. The normalized spacial score (nSPS) is 16.9. The van der Waals surface area contributed by atoms with Crippen LogP contribution >= 0.6 is 23.5 Å². The number of nitrogens with one attached hydrogen (secondary N) is 1. The van der Waals surface area contributed by atoms with Crippen LogP contribution in [0.1, 0.15) is 62.9 Å². The topological polar surface area (TPSA) is 98.3 Å². The minimum atomic E-state index is -0.544. The number of aryl methyl sites for hydroxylation is 1. The van der Waals surface area contributed by atoms with Gasteiger partial charge in [-0.1, -0.05) is 53.9 Å². The molecule has 2 atom stereocenters. The van der Waals surface area contributed by atoms with Gasteiger partial charge in [0.25, 0.3) is 0 Å². The molecule has 1 unspecified atom stereocenters. The minimum Gasteiger partial charge on any atom is -0.497 e. The Labute approximate surface area is 350 Å². The Balaban J connectivity index is 1.04. The van der Waals surface area contributed by atoms with Gasteiger partial charge in [0.15, 0.2) is 0 Å². The summed E-state index contributed by atoms with van der Waals surface area (Å²) < 4.78 is 23.2. The van der Waals surface area contributed by atoms with Crippen molar-refractivity contribution in [3.63, 3.8) is 0 Å². The Morgan fingerprint density at radius 2 is 1.78 bits per heavy atom. The summed E-state index contributed by atoms with van der Waals surface area (Å²) in [6.45, 7) is 11.9. The number of hydrogen-bond donors (Lipinski definition) is 1. The lowest BCUT2D eigenvalue weighted by atomic mass is 10.0. The second-order valence-corrected chi connectivity index (χ2v) is 18.1. The molecule has 5 aromatic rings. The first-order valence-electron chi connectivity index (χ1n) is 20.0. The number of benzene rings is 3. The van der Waals surface area contributed by atoms with E-state index in [-0.39, 0.29) is 18.2 Å². The third-order valence-corrected chi connectivity index (χ3v) is 13.1. The number of likely N-dealkylation sites (tertiary alicyclic amines) is 1. The summed E-state index contributed by atoms with van der Waals surface area (Å²) >= 11 is 3.56. The molecule has 0 saturated carbocycles. The average molecular weight is 818 g/mol. The number of hydrogen-bond acceptors (Lipinski definition) is 11. The number of methoxy groups -OCH3 is 1. The highest BCUT2D eigenvalue weighted by Gasteiger charge is 2.34. The molecule has 0 bridgehead atoms. The van der Waals surface area contributed by atoms with E-state index in [1.54, 1.807) is 30.6 Å². The zero-order valence-corrected chi connectivity index (χ0v) is 35.5. The fourth-order valence-corrected chi connectivity index (χ4v) is 9.94. The fourth-order valence-electron chi connectivity index (χ4n) is 7.53. The van der Waals surface area contributed by atoms with Crippen molar-refractivity contribution in [2.75, 3.05) is 50.2 Å².